The zero-order valence-corrected chi connectivity index (χ0v) is 29.8. The van der Waals surface area contributed by atoms with Gasteiger partial charge in [0.25, 0.3) is 0 Å². The normalized spacial score (nSPS) is 28.1. The van der Waals surface area contributed by atoms with Gasteiger partial charge in [-0.2, -0.15) is 0 Å². The summed E-state index contributed by atoms with van der Waals surface area (Å²) < 4.78 is 5.76. The topological polar surface area (TPSA) is 209 Å². The Kier molecular flexibility index (Phi) is 17.9. The second kappa shape index (κ2) is 20.2. The first-order valence-corrected chi connectivity index (χ1v) is 17.0. The van der Waals surface area contributed by atoms with Crippen LogP contribution in [0.2, 0.25) is 0 Å². The van der Waals surface area contributed by atoms with Gasteiger partial charge in [-0.15, -0.1) is 0 Å². The maximum atomic E-state index is 13.9. The zero-order valence-electron chi connectivity index (χ0n) is 29.8. The lowest BCUT2D eigenvalue weighted by Gasteiger charge is -2.34. The van der Waals surface area contributed by atoms with E-state index in [4.69, 9.17) is 10.5 Å². The number of likely N-dealkylation sites (N-methyl/N-ethyl adjacent to an activating group) is 1. The second-order valence-corrected chi connectivity index (χ2v) is 13.5. The fourth-order valence-corrected chi connectivity index (χ4v) is 5.39. The third-order valence-corrected chi connectivity index (χ3v) is 9.06. The van der Waals surface area contributed by atoms with E-state index >= 15 is 0 Å². The molecule has 1 rings (SSSR count). The van der Waals surface area contributed by atoms with E-state index in [2.05, 4.69) is 35.1 Å². The molecule has 0 aromatic rings. The number of hydrogen-bond donors (Lipinski definition) is 6. The Hall–Kier alpha value is -3.26. The van der Waals surface area contributed by atoms with E-state index in [0.717, 1.165) is 12.8 Å². The molecule has 14 heteroatoms. The van der Waals surface area contributed by atoms with Crippen LogP contribution in [0, 0.1) is 23.7 Å². The summed E-state index contributed by atoms with van der Waals surface area (Å²) in [5, 5.41) is 20.4. The van der Waals surface area contributed by atoms with Crippen LogP contribution >= 0.6 is 0 Å². The highest BCUT2D eigenvalue weighted by Gasteiger charge is 2.38. The Bertz CT molecular complexity index is 1070. The summed E-state index contributed by atoms with van der Waals surface area (Å²) in [6.45, 7) is 13.7. The van der Waals surface area contributed by atoms with Crippen molar-refractivity contribution in [1.29, 1.82) is 0 Å². The van der Waals surface area contributed by atoms with E-state index in [1.54, 1.807) is 13.8 Å². The molecule has 0 bridgehead atoms. The average molecular weight is 669 g/mol. The maximum Gasteiger partial charge on any atom is 0.325 e. The molecule has 0 aromatic heterocycles. The molecule has 0 radical (unpaired) electrons. The van der Waals surface area contributed by atoms with Crippen molar-refractivity contribution >= 4 is 35.5 Å². The van der Waals surface area contributed by atoms with Crippen molar-refractivity contribution in [2.45, 2.75) is 130 Å². The SMILES string of the molecule is CCC(C)CCC[C@H]1OC(=O)CNC(=O)[C@H]([C@H](C)O)NC(=O)[C@H](CN)NC(=O)[C@H]([C@H](C)CC)NC(=O)[C@H](CC(C)C)N(C)C(=O)[C@@H]1C. The lowest BCUT2D eigenvalue weighted by Crippen LogP contribution is -2.62. The molecular formula is C33H60N6O8. The summed E-state index contributed by atoms with van der Waals surface area (Å²) in [7, 11) is 1.52. The molecule has 1 unspecified atom stereocenters. The third-order valence-electron chi connectivity index (χ3n) is 9.06. The van der Waals surface area contributed by atoms with Crippen LogP contribution in [-0.4, -0.2) is 102 Å². The first kappa shape index (κ1) is 41.8. The van der Waals surface area contributed by atoms with E-state index in [-0.39, 0.29) is 18.4 Å². The highest BCUT2D eigenvalue weighted by Crippen LogP contribution is 2.23. The third kappa shape index (κ3) is 13.0. The van der Waals surface area contributed by atoms with E-state index in [1.807, 2.05) is 20.8 Å². The van der Waals surface area contributed by atoms with Crippen LogP contribution in [0.3, 0.4) is 0 Å². The van der Waals surface area contributed by atoms with Crippen molar-refractivity contribution in [2.75, 3.05) is 20.1 Å². The zero-order chi connectivity index (χ0) is 36.0. The van der Waals surface area contributed by atoms with Gasteiger partial charge in [-0.25, -0.2) is 0 Å². The largest absolute Gasteiger partial charge is 0.460 e. The Morgan fingerprint density at radius 2 is 1.51 bits per heavy atom. The number of carbonyl (C=O) groups is 6. The summed E-state index contributed by atoms with van der Waals surface area (Å²) in [4.78, 5) is 81.8. The number of aliphatic hydroxyl groups excluding tert-OH is 1. The van der Waals surface area contributed by atoms with Gasteiger partial charge in [0.15, 0.2) is 0 Å². The minimum absolute atomic E-state index is 0.00809. The molecule has 9 atom stereocenters. The standard InChI is InChI=1S/C33H60N6O8/c1-10-19(5)13-12-14-25-21(7)33(46)39(9)24(15-18(3)4)30(43)37-27(20(6)11-2)32(45)36-23(16-34)29(42)38-28(22(8)40)31(44)35-17-26(41)47-25/h18-25,27-28,40H,10-17,34H2,1-9H3,(H,35,44)(H,36,45)(H,37,43)(H,38,42)/t19?,20-,21-,22+,23+,24+,25-,27+,28+/m1/s1. The summed E-state index contributed by atoms with van der Waals surface area (Å²) in [5.41, 5.74) is 5.81. The van der Waals surface area contributed by atoms with Crippen LogP contribution in [0.1, 0.15) is 93.9 Å². The van der Waals surface area contributed by atoms with Gasteiger partial charge in [-0.05, 0) is 43.9 Å². The smallest absolute Gasteiger partial charge is 0.325 e. The molecule has 0 aromatic carbocycles. The molecule has 1 aliphatic heterocycles. The number of aliphatic hydroxyl groups is 1. The average Bonchev–Trinajstić information content (AvgIpc) is 3.03. The first-order chi connectivity index (χ1) is 22.0. The molecule has 1 saturated heterocycles. The molecular weight excluding hydrogens is 608 g/mol. The Labute approximate surface area is 280 Å². The molecule has 0 spiro atoms. The number of ether oxygens (including phenoxy) is 1. The monoisotopic (exact) mass is 668 g/mol. The summed E-state index contributed by atoms with van der Waals surface area (Å²) in [6, 6.07) is -4.80. The number of nitrogens with zero attached hydrogens (tertiary/aromatic N) is 1. The summed E-state index contributed by atoms with van der Waals surface area (Å²) >= 11 is 0. The Morgan fingerprint density at radius 1 is 0.894 bits per heavy atom. The van der Waals surface area contributed by atoms with Crippen LogP contribution in [0.15, 0.2) is 0 Å². The molecule has 1 aliphatic rings. The van der Waals surface area contributed by atoms with Crippen LogP contribution in [-0.2, 0) is 33.5 Å². The molecule has 14 nitrogen and oxygen atoms in total. The molecule has 5 amide bonds. The summed E-state index contributed by atoms with van der Waals surface area (Å²) in [5.74, 6) is -4.86. The minimum Gasteiger partial charge on any atom is -0.460 e. The quantitative estimate of drug-likeness (QED) is 0.170. The van der Waals surface area contributed by atoms with E-state index in [9.17, 15) is 33.9 Å². The number of esters is 1. The van der Waals surface area contributed by atoms with E-state index in [1.165, 1.54) is 18.9 Å². The van der Waals surface area contributed by atoms with Crippen LogP contribution in [0.4, 0.5) is 0 Å². The first-order valence-electron chi connectivity index (χ1n) is 17.0. The molecule has 1 fully saturated rings. The van der Waals surface area contributed by atoms with Crippen molar-refractivity contribution in [1.82, 2.24) is 26.2 Å². The van der Waals surface area contributed by atoms with Crippen LogP contribution in [0.25, 0.3) is 0 Å². The van der Waals surface area contributed by atoms with Gasteiger partial charge in [-0.3, -0.25) is 28.8 Å². The van der Waals surface area contributed by atoms with Gasteiger partial charge in [0.1, 0.15) is 36.8 Å². The molecule has 270 valence electrons. The maximum absolute atomic E-state index is 13.9. The highest BCUT2D eigenvalue weighted by atomic mass is 16.5. The Balaban J connectivity index is 3.63. The fraction of sp³-hybridized carbons (Fsp3) is 0.818. The summed E-state index contributed by atoms with van der Waals surface area (Å²) in [6.07, 6.45) is 1.48. The van der Waals surface area contributed by atoms with Gasteiger partial charge in [-0.1, -0.05) is 67.7 Å². The van der Waals surface area contributed by atoms with Crippen LogP contribution < -0.4 is 27.0 Å². The van der Waals surface area contributed by atoms with Gasteiger partial charge >= 0.3 is 5.97 Å². The minimum atomic E-state index is -1.48. The number of hydrogen-bond acceptors (Lipinski definition) is 9. The van der Waals surface area contributed by atoms with Crippen molar-refractivity contribution in [3.05, 3.63) is 0 Å². The molecule has 1 heterocycles. The Morgan fingerprint density at radius 3 is 2.04 bits per heavy atom. The fourth-order valence-electron chi connectivity index (χ4n) is 5.39. The number of rotatable bonds is 11. The van der Waals surface area contributed by atoms with Gasteiger partial charge < -0.3 is 41.7 Å². The van der Waals surface area contributed by atoms with Gasteiger partial charge in [0.05, 0.1) is 12.0 Å². The second-order valence-electron chi connectivity index (χ2n) is 13.5. The molecule has 0 aliphatic carbocycles. The van der Waals surface area contributed by atoms with Crippen molar-refractivity contribution in [3.63, 3.8) is 0 Å². The highest BCUT2D eigenvalue weighted by molar-refractivity contribution is 5.96. The number of nitrogens with one attached hydrogen (secondary N) is 4. The van der Waals surface area contributed by atoms with Crippen molar-refractivity contribution in [2.24, 2.45) is 29.4 Å². The lowest BCUT2D eigenvalue weighted by atomic mass is 9.93. The van der Waals surface area contributed by atoms with E-state index in [0.29, 0.717) is 31.6 Å². The van der Waals surface area contributed by atoms with Crippen molar-refractivity contribution < 1.29 is 38.6 Å². The predicted octanol–water partition coefficient (Wildman–Crippen LogP) is 0.594. The molecule has 47 heavy (non-hydrogen) atoms. The number of cyclic esters (lactones) is 1. The lowest BCUT2D eigenvalue weighted by molar-refractivity contribution is -0.157. The number of amides is 5. The van der Waals surface area contributed by atoms with Crippen LogP contribution in [0.5, 0.6) is 0 Å². The molecule has 7 N–H and O–H groups in total. The van der Waals surface area contributed by atoms with Crippen molar-refractivity contribution in [3.8, 4) is 0 Å². The predicted molar refractivity (Wildman–Crippen MR) is 177 cm³/mol. The van der Waals surface area contributed by atoms with Gasteiger partial charge in [0, 0.05) is 13.6 Å². The number of nitrogens with two attached hydrogens (primary N) is 1. The van der Waals surface area contributed by atoms with E-state index < -0.39 is 84.3 Å². The van der Waals surface area contributed by atoms with Gasteiger partial charge in [0.2, 0.25) is 29.5 Å². The molecule has 0 saturated carbocycles. The number of carbonyl (C=O) groups excluding carboxylic acids is 6.